The van der Waals surface area contributed by atoms with E-state index in [1.807, 2.05) is 0 Å². The third-order valence-corrected chi connectivity index (χ3v) is 2.10. The summed E-state index contributed by atoms with van der Waals surface area (Å²) in [5.41, 5.74) is -0.206. The van der Waals surface area contributed by atoms with Gasteiger partial charge < -0.3 is 4.74 Å². The van der Waals surface area contributed by atoms with Gasteiger partial charge in [-0.1, -0.05) is 6.58 Å². The number of ether oxygens (including phenoxy) is 1. The van der Waals surface area contributed by atoms with Gasteiger partial charge in [0.1, 0.15) is 6.61 Å². The highest BCUT2D eigenvalue weighted by molar-refractivity contribution is 5.86. The molecule has 0 aliphatic rings. The van der Waals surface area contributed by atoms with Crippen molar-refractivity contribution in [2.75, 3.05) is 6.61 Å². The molecule has 0 atom stereocenters. The fraction of sp³-hybridized carbons (Fsp3) is 0.364. The second kappa shape index (κ2) is 5.29. The Labute approximate surface area is 97.5 Å². The molecule has 0 unspecified atom stereocenters. The molecule has 1 aromatic heterocycles. The monoisotopic (exact) mass is 238 g/mol. The quantitative estimate of drug-likeness (QED) is 0.589. The number of hydrogen-bond acceptors (Lipinski definition) is 4. The van der Waals surface area contributed by atoms with E-state index in [0.717, 1.165) is 0 Å². The fourth-order valence-corrected chi connectivity index (χ4v) is 1.14. The first-order chi connectivity index (χ1) is 7.91. The van der Waals surface area contributed by atoms with Crippen molar-refractivity contribution in [3.8, 4) is 0 Å². The number of carbonyl (C=O) groups is 1. The Hall–Kier alpha value is -2.11. The van der Waals surface area contributed by atoms with Crippen LogP contribution in [0.1, 0.15) is 12.5 Å². The lowest BCUT2D eigenvalue weighted by Gasteiger charge is -2.07. The van der Waals surface area contributed by atoms with Gasteiger partial charge in [0.05, 0.1) is 6.54 Å². The van der Waals surface area contributed by atoms with Crippen LogP contribution in [0.3, 0.4) is 0 Å². The maximum absolute atomic E-state index is 11.4. The minimum atomic E-state index is -0.521. The molecule has 0 fully saturated rings. The molecule has 6 heteroatoms. The average molecular weight is 238 g/mol. The number of rotatable bonds is 4. The Balaban J connectivity index is 2.68. The number of aryl methyl sites for hydroxylation is 1. The van der Waals surface area contributed by atoms with Gasteiger partial charge in [-0.2, -0.15) is 0 Å². The molecule has 0 amide bonds. The number of aromatic nitrogens is 2. The van der Waals surface area contributed by atoms with E-state index in [4.69, 9.17) is 4.74 Å². The van der Waals surface area contributed by atoms with Crippen molar-refractivity contribution in [1.29, 1.82) is 0 Å². The Morgan fingerprint density at radius 3 is 2.76 bits per heavy atom. The lowest BCUT2D eigenvalue weighted by molar-refractivity contribution is -0.139. The van der Waals surface area contributed by atoms with Crippen molar-refractivity contribution < 1.29 is 9.53 Å². The third-order valence-electron chi connectivity index (χ3n) is 2.10. The number of nitrogens with zero attached hydrogens (tertiary/aromatic N) is 1. The zero-order chi connectivity index (χ0) is 13.0. The molecule has 0 aliphatic heterocycles. The molecule has 0 aromatic carbocycles. The van der Waals surface area contributed by atoms with Crippen molar-refractivity contribution in [3.05, 3.63) is 44.8 Å². The van der Waals surface area contributed by atoms with E-state index in [0.29, 0.717) is 11.1 Å². The van der Waals surface area contributed by atoms with E-state index in [2.05, 4.69) is 11.6 Å². The molecule has 1 heterocycles. The van der Waals surface area contributed by atoms with E-state index in [-0.39, 0.29) is 13.2 Å². The number of hydrogen-bond donors (Lipinski definition) is 1. The molecule has 1 N–H and O–H groups in total. The highest BCUT2D eigenvalue weighted by Crippen LogP contribution is 1.92. The van der Waals surface area contributed by atoms with Crippen molar-refractivity contribution >= 4 is 5.97 Å². The van der Waals surface area contributed by atoms with Crippen LogP contribution < -0.4 is 11.2 Å². The molecule has 17 heavy (non-hydrogen) atoms. The van der Waals surface area contributed by atoms with Gasteiger partial charge in [0.25, 0.3) is 5.56 Å². The SMILES string of the molecule is C=C(C)C(=O)OCCn1cc(C)c(=O)[nH]c1=O. The van der Waals surface area contributed by atoms with Crippen LogP contribution in [0.25, 0.3) is 0 Å². The van der Waals surface area contributed by atoms with Gasteiger partial charge >= 0.3 is 11.7 Å². The Kier molecular flexibility index (Phi) is 4.03. The number of esters is 1. The topological polar surface area (TPSA) is 81.2 Å². The summed E-state index contributed by atoms with van der Waals surface area (Å²) in [7, 11) is 0. The van der Waals surface area contributed by atoms with E-state index in [9.17, 15) is 14.4 Å². The van der Waals surface area contributed by atoms with Gasteiger partial charge in [0.15, 0.2) is 0 Å². The zero-order valence-electron chi connectivity index (χ0n) is 9.78. The summed E-state index contributed by atoms with van der Waals surface area (Å²) in [6.07, 6.45) is 1.43. The molecular formula is C11H14N2O4. The van der Waals surface area contributed by atoms with Crippen LogP contribution in [0.2, 0.25) is 0 Å². The molecule has 0 aliphatic carbocycles. The summed E-state index contributed by atoms with van der Waals surface area (Å²) in [6, 6.07) is 0. The first kappa shape index (κ1) is 13.0. The largest absolute Gasteiger partial charge is 0.460 e. The number of nitrogens with one attached hydrogen (secondary N) is 1. The van der Waals surface area contributed by atoms with E-state index >= 15 is 0 Å². The molecule has 0 saturated carbocycles. The first-order valence-electron chi connectivity index (χ1n) is 5.05. The first-order valence-corrected chi connectivity index (χ1v) is 5.05. The molecule has 92 valence electrons. The molecule has 1 rings (SSSR count). The minimum Gasteiger partial charge on any atom is -0.460 e. The van der Waals surface area contributed by atoms with Gasteiger partial charge in [0.2, 0.25) is 0 Å². The van der Waals surface area contributed by atoms with Crippen LogP contribution in [0.5, 0.6) is 0 Å². The smallest absolute Gasteiger partial charge is 0.333 e. The second-order valence-corrected chi connectivity index (χ2v) is 3.68. The maximum Gasteiger partial charge on any atom is 0.333 e. The van der Waals surface area contributed by atoms with Crippen molar-refractivity contribution in [1.82, 2.24) is 9.55 Å². The van der Waals surface area contributed by atoms with Crippen LogP contribution in [0.4, 0.5) is 0 Å². The van der Waals surface area contributed by atoms with E-state index in [1.54, 1.807) is 13.8 Å². The summed E-state index contributed by atoms with van der Waals surface area (Å²) in [5, 5.41) is 0. The normalized spacial score (nSPS) is 10.0. The lowest BCUT2D eigenvalue weighted by atomic mass is 10.4. The van der Waals surface area contributed by atoms with Gasteiger partial charge in [-0.25, -0.2) is 9.59 Å². The zero-order valence-corrected chi connectivity index (χ0v) is 9.78. The number of aromatic amines is 1. The summed E-state index contributed by atoms with van der Waals surface area (Å²) in [4.78, 5) is 35.7. The van der Waals surface area contributed by atoms with Crippen molar-refractivity contribution in [3.63, 3.8) is 0 Å². The fourth-order valence-electron chi connectivity index (χ4n) is 1.14. The Morgan fingerprint density at radius 2 is 2.18 bits per heavy atom. The van der Waals surface area contributed by atoms with E-state index in [1.165, 1.54) is 10.8 Å². The number of H-pyrrole nitrogens is 1. The number of carbonyl (C=O) groups excluding carboxylic acids is 1. The summed E-state index contributed by atoms with van der Waals surface area (Å²) in [5.74, 6) is -0.501. The summed E-state index contributed by atoms with van der Waals surface area (Å²) in [6.45, 7) is 6.81. The maximum atomic E-state index is 11.4. The van der Waals surface area contributed by atoms with Crippen LogP contribution in [0, 0.1) is 6.92 Å². The Morgan fingerprint density at radius 1 is 1.53 bits per heavy atom. The lowest BCUT2D eigenvalue weighted by Crippen LogP contribution is -2.32. The summed E-state index contributed by atoms with van der Waals surface area (Å²) >= 11 is 0. The van der Waals surface area contributed by atoms with Crippen LogP contribution >= 0.6 is 0 Å². The standard InChI is InChI=1S/C11H14N2O4/c1-7(2)10(15)17-5-4-13-6-8(3)9(14)12-11(13)16/h6H,1,4-5H2,2-3H3,(H,12,14,16). The highest BCUT2D eigenvalue weighted by Gasteiger charge is 2.04. The summed E-state index contributed by atoms with van der Waals surface area (Å²) < 4.78 is 6.12. The highest BCUT2D eigenvalue weighted by atomic mass is 16.5. The molecule has 1 aromatic rings. The van der Waals surface area contributed by atoms with Gasteiger partial charge in [-0.15, -0.1) is 0 Å². The average Bonchev–Trinajstić information content (AvgIpc) is 2.25. The van der Waals surface area contributed by atoms with Crippen LogP contribution in [0.15, 0.2) is 27.9 Å². The molecule has 6 nitrogen and oxygen atoms in total. The predicted molar refractivity (Wildman–Crippen MR) is 61.8 cm³/mol. The Bertz CT molecular complexity index is 553. The van der Waals surface area contributed by atoms with Crippen LogP contribution in [-0.4, -0.2) is 22.1 Å². The molecule has 0 bridgehead atoms. The molecular weight excluding hydrogens is 224 g/mol. The third kappa shape index (κ3) is 3.44. The van der Waals surface area contributed by atoms with Gasteiger partial charge in [-0.3, -0.25) is 14.3 Å². The minimum absolute atomic E-state index is 0.0527. The predicted octanol–water partition coefficient (Wildman–Crippen LogP) is -0.0357. The second-order valence-electron chi connectivity index (χ2n) is 3.68. The van der Waals surface area contributed by atoms with Gasteiger partial charge in [0, 0.05) is 17.3 Å². The molecule has 0 spiro atoms. The van der Waals surface area contributed by atoms with Gasteiger partial charge in [-0.05, 0) is 13.8 Å². The molecule has 0 saturated heterocycles. The molecule has 0 radical (unpaired) electrons. The van der Waals surface area contributed by atoms with Crippen molar-refractivity contribution in [2.24, 2.45) is 0 Å². The van der Waals surface area contributed by atoms with E-state index < -0.39 is 17.2 Å². The van der Waals surface area contributed by atoms with Crippen LogP contribution in [-0.2, 0) is 16.1 Å². The van der Waals surface area contributed by atoms with Crippen molar-refractivity contribution in [2.45, 2.75) is 20.4 Å².